The second kappa shape index (κ2) is 5.41. The molecule has 2 atom stereocenters. The number of hydrogen-bond donors (Lipinski definition) is 1. The lowest BCUT2D eigenvalue weighted by molar-refractivity contribution is 0.181. The zero-order chi connectivity index (χ0) is 12.4. The molecule has 0 bridgehead atoms. The van der Waals surface area contributed by atoms with E-state index in [0.717, 1.165) is 19.1 Å². The first-order valence-corrected chi connectivity index (χ1v) is 7.37. The lowest BCUT2D eigenvalue weighted by Crippen LogP contribution is -2.40. The fraction of sp³-hybridized carbons (Fsp3) is 0.625. The van der Waals surface area contributed by atoms with E-state index in [0.29, 0.717) is 6.04 Å². The third-order valence-electron chi connectivity index (χ3n) is 4.53. The minimum Gasteiger partial charge on any atom is -0.314 e. The van der Waals surface area contributed by atoms with E-state index in [1.807, 2.05) is 0 Å². The third kappa shape index (κ3) is 2.60. The van der Waals surface area contributed by atoms with Gasteiger partial charge in [0, 0.05) is 25.2 Å². The van der Waals surface area contributed by atoms with Crippen molar-refractivity contribution in [3.63, 3.8) is 0 Å². The molecular weight excluding hydrogens is 220 g/mol. The summed E-state index contributed by atoms with van der Waals surface area (Å²) in [4.78, 5) is 2.63. The van der Waals surface area contributed by atoms with Crippen LogP contribution in [0.15, 0.2) is 24.3 Å². The predicted molar refractivity (Wildman–Crippen MR) is 75.4 cm³/mol. The van der Waals surface area contributed by atoms with Crippen molar-refractivity contribution in [2.75, 3.05) is 6.54 Å². The molecule has 0 aromatic heterocycles. The summed E-state index contributed by atoms with van der Waals surface area (Å²) in [5, 5.41) is 3.67. The Hall–Kier alpha value is -0.860. The smallest absolute Gasteiger partial charge is 0.0243 e. The SMILES string of the molecule is CC(CC1CCCCN1)N1Cc2ccccc2C1. The Kier molecular flexibility index (Phi) is 3.67. The first-order valence-electron chi connectivity index (χ1n) is 7.37. The maximum atomic E-state index is 3.67. The van der Waals surface area contributed by atoms with Crippen LogP contribution in [-0.4, -0.2) is 23.5 Å². The number of nitrogens with zero attached hydrogens (tertiary/aromatic N) is 1. The van der Waals surface area contributed by atoms with Gasteiger partial charge in [-0.2, -0.15) is 0 Å². The van der Waals surface area contributed by atoms with Crippen molar-refractivity contribution in [1.82, 2.24) is 10.2 Å². The maximum Gasteiger partial charge on any atom is 0.0243 e. The number of rotatable bonds is 3. The van der Waals surface area contributed by atoms with Crippen LogP contribution < -0.4 is 5.32 Å². The second-order valence-electron chi connectivity index (χ2n) is 5.91. The number of nitrogens with one attached hydrogen (secondary N) is 1. The van der Waals surface area contributed by atoms with E-state index >= 15 is 0 Å². The first kappa shape index (κ1) is 12.2. The van der Waals surface area contributed by atoms with Gasteiger partial charge in [-0.3, -0.25) is 4.90 Å². The van der Waals surface area contributed by atoms with E-state index < -0.39 is 0 Å². The summed E-state index contributed by atoms with van der Waals surface area (Å²) in [7, 11) is 0. The van der Waals surface area contributed by atoms with Crippen molar-refractivity contribution in [3.8, 4) is 0 Å². The molecule has 0 aliphatic carbocycles. The van der Waals surface area contributed by atoms with E-state index in [9.17, 15) is 0 Å². The molecule has 2 heteroatoms. The largest absolute Gasteiger partial charge is 0.314 e. The lowest BCUT2D eigenvalue weighted by Gasteiger charge is -2.30. The van der Waals surface area contributed by atoms with Crippen LogP contribution in [0.5, 0.6) is 0 Å². The first-order chi connectivity index (χ1) is 8.83. The molecule has 2 nitrogen and oxygen atoms in total. The van der Waals surface area contributed by atoms with E-state index in [4.69, 9.17) is 0 Å². The van der Waals surface area contributed by atoms with Crippen molar-refractivity contribution in [2.45, 2.75) is 57.8 Å². The van der Waals surface area contributed by atoms with Crippen LogP contribution in [0.2, 0.25) is 0 Å². The van der Waals surface area contributed by atoms with E-state index in [2.05, 4.69) is 41.4 Å². The molecule has 0 saturated carbocycles. The van der Waals surface area contributed by atoms with Crippen LogP contribution in [0.1, 0.15) is 43.7 Å². The van der Waals surface area contributed by atoms with Gasteiger partial charge in [0.15, 0.2) is 0 Å². The second-order valence-corrected chi connectivity index (χ2v) is 5.91. The van der Waals surface area contributed by atoms with Crippen molar-refractivity contribution < 1.29 is 0 Å². The van der Waals surface area contributed by atoms with Gasteiger partial charge in [-0.1, -0.05) is 30.7 Å². The van der Waals surface area contributed by atoms with Gasteiger partial charge in [0.25, 0.3) is 0 Å². The van der Waals surface area contributed by atoms with Crippen LogP contribution in [-0.2, 0) is 13.1 Å². The van der Waals surface area contributed by atoms with Crippen LogP contribution in [0.4, 0.5) is 0 Å². The van der Waals surface area contributed by atoms with Crippen LogP contribution in [0.3, 0.4) is 0 Å². The molecule has 2 aliphatic rings. The molecule has 1 aromatic carbocycles. The van der Waals surface area contributed by atoms with Gasteiger partial charge < -0.3 is 5.32 Å². The van der Waals surface area contributed by atoms with Crippen LogP contribution in [0, 0.1) is 0 Å². The van der Waals surface area contributed by atoms with Gasteiger partial charge >= 0.3 is 0 Å². The molecule has 0 amide bonds. The summed E-state index contributed by atoms with van der Waals surface area (Å²) in [6.07, 6.45) is 5.43. The molecule has 2 unspecified atom stereocenters. The third-order valence-corrected chi connectivity index (χ3v) is 4.53. The van der Waals surface area contributed by atoms with Gasteiger partial charge in [-0.25, -0.2) is 0 Å². The minimum absolute atomic E-state index is 0.688. The quantitative estimate of drug-likeness (QED) is 0.879. The number of fused-ring (bicyclic) bond motifs is 1. The van der Waals surface area contributed by atoms with E-state index in [-0.39, 0.29) is 0 Å². The Bertz CT molecular complexity index is 371. The summed E-state index contributed by atoms with van der Waals surface area (Å²) >= 11 is 0. The fourth-order valence-corrected chi connectivity index (χ4v) is 3.36. The highest BCUT2D eigenvalue weighted by Gasteiger charge is 2.25. The zero-order valence-corrected chi connectivity index (χ0v) is 11.4. The molecule has 98 valence electrons. The predicted octanol–water partition coefficient (Wildman–Crippen LogP) is 2.92. The van der Waals surface area contributed by atoms with Gasteiger partial charge in [-0.15, -0.1) is 0 Å². The molecule has 3 rings (SSSR count). The standard InChI is InChI=1S/C16H24N2/c1-13(10-16-8-4-5-9-17-16)18-11-14-6-2-3-7-15(14)12-18/h2-3,6-7,13,16-17H,4-5,8-12H2,1H3. The number of benzene rings is 1. The number of hydrogen-bond acceptors (Lipinski definition) is 2. The van der Waals surface area contributed by atoms with Gasteiger partial charge in [0.1, 0.15) is 0 Å². The summed E-state index contributed by atoms with van der Waals surface area (Å²) in [6, 6.07) is 10.3. The Balaban J connectivity index is 1.56. The van der Waals surface area contributed by atoms with Gasteiger partial charge in [-0.05, 0) is 43.9 Å². The lowest BCUT2D eigenvalue weighted by atomic mass is 9.98. The average Bonchev–Trinajstić information content (AvgIpc) is 2.84. The highest BCUT2D eigenvalue weighted by atomic mass is 15.2. The molecule has 1 saturated heterocycles. The Morgan fingerprint density at radius 2 is 1.94 bits per heavy atom. The topological polar surface area (TPSA) is 15.3 Å². The molecule has 2 aliphatic heterocycles. The highest BCUT2D eigenvalue weighted by Crippen LogP contribution is 2.26. The highest BCUT2D eigenvalue weighted by molar-refractivity contribution is 5.30. The summed E-state index contributed by atoms with van der Waals surface area (Å²) < 4.78 is 0. The molecule has 1 N–H and O–H groups in total. The molecule has 0 radical (unpaired) electrons. The average molecular weight is 244 g/mol. The maximum absolute atomic E-state index is 3.67. The van der Waals surface area contributed by atoms with E-state index in [1.54, 1.807) is 0 Å². The molecule has 18 heavy (non-hydrogen) atoms. The minimum atomic E-state index is 0.688. The molecule has 1 fully saturated rings. The van der Waals surface area contributed by atoms with Crippen molar-refractivity contribution in [1.29, 1.82) is 0 Å². The summed E-state index contributed by atoms with van der Waals surface area (Å²) in [5.41, 5.74) is 3.06. The fourth-order valence-electron chi connectivity index (χ4n) is 3.36. The monoisotopic (exact) mass is 244 g/mol. The normalized spacial score (nSPS) is 25.9. The molecule has 1 aromatic rings. The Morgan fingerprint density at radius 1 is 1.22 bits per heavy atom. The number of piperidine rings is 1. The molecular formula is C16H24N2. The van der Waals surface area contributed by atoms with Crippen LogP contribution in [0.25, 0.3) is 0 Å². The molecule has 0 spiro atoms. The Labute approximate surface area is 110 Å². The molecule has 2 heterocycles. The van der Waals surface area contributed by atoms with E-state index in [1.165, 1.54) is 43.4 Å². The zero-order valence-electron chi connectivity index (χ0n) is 11.4. The van der Waals surface area contributed by atoms with Gasteiger partial charge in [0.2, 0.25) is 0 Å². The Morgan fingerprint density at radius 3 is 2.56 bits per heavy atom. The van der Waals surface area contributed by atoms with Crippen molar-refractivity contribution in [3.05, 3.63) is 35.4 Å². The summed E-state index contributed by atoms with van der Waals surface area (Å²) in [5.74, 6) is 0. The summed E-state index contributed by atoms with van der Waals surface area (Å²) in [6.45, 7) is 5.90. The van der Waals surface area contributed by atoms with Gasteiger partial charge in [0.05, 0.1) is 0 Å². The van der Waals surface area contributed by atoms with Crippen LogP contribution >= 0.6 is 0 Å². The van der Waals surface area contributed by atoms with Crippen molar-refractivity contribution >= 4 is 0 Å². The van der Waals surface area contributed by atoms with Crippen molar-refractivity contribution in [2.24, 2.45) is 0 Å².